The van der Waals surface area contributed by atoms with Gasteiger partial charge in [0.1, 0.15) is 0 Å². The van der Waals surface area contributed by atoms with Gasteiger partial charge in [-0.1, -0.05) is 13.8 Å². The van der Waals surface area contributed by atoms with Crippen LogP contribution >= 0.6 is 0 Å². The Balaban J connectivity index is 1.92. The van der Waals surface area contributed by atoms with Crippen molar-refractivity contribution in [2.24, 2.45) is 11.1 Å². The number of nitrogens with zero attached hydrogens (tertiary/aromatic N) is 2. The van der Waals surface area contributed by atoms with Gasteiger partial charge in [-0.25, -0.2) is 0 Å². The van der Waals surface area contributed by atoms with Gasteiger partial charge in [0.15, 0.2) is 0 Å². The molecule has 2 N–H and O–H groups in total. The second kappa shape index (κ2) is 5.48. The van der Waals surface area contributed by atoms with E-state index in [2.05, 4.69) is 37.5 Å². The number of piperazine rings is 1. The van der Waals surface area contributed by atoms with Crippen molar-refractivity contribution >= 4 is 0 Å². The summed E-state index contributed by atoms with van der Waals surface area (Å²) in [7, 11) is 0. The van der Waals surface area contributed by atoms with E-state index in [9.17, 15) is 0 Å². The van der Waals surface area contributed by atoms with E-state index in [1.807, 2.05) is 0 Å². The van der Waals surface area contributed by atoms with Crippen LogP contribution in [0.25, 0.3) is 0 Å². The average molecular weight is 253 g/mol. The predicted molar refractivity (Wildman–Crippen MR) is 77.7 cm³/mol. The maximum atomic E-state index is 6.37. The molecule has 2 fully saturated rings. The lowest BCUT2D eigenvalue weighted by Crippen LogP contribution is -2.59. The highest BCUT2D eigenvalue weighted by molar-refractivity contribution is 4.94. The molecule has 3 nitrogen and oxygen atoms in total. The summed E-state index contributed by atoms with van der Waals surface area (Å²) in [6.45, 7) is 14.2. The fourth-order valence-electron chi connectivity index (χ4n) is 3.55. The second-order valence-corrected chi connectivity index (χ2v) is 7.30. The van der Waals surface area contributed by atoms with E-state index in [4.69, 9.17) is 5.73 Å². The minimum Gasteiger partial charge on any atom is -0.326 e. The van der Waals surface area contributed by atoms with E-state index in [1.54, 1.807) is 0 Å². The van der Waals surface area contributed by atoms with E-state index >= 15 is 0 Å². The van der Waals surface area contributed by atoms with Crippen molar-refractivity contribution in [1.29, 1.82) is 0 Å². The van der Waals surface area contributed by atoms with E-state index in [0.29, 0.717) is 23.5 Å². The maximum Gasteiger partial charge on any atom is 0.0253 e. The Hall–Kier alpha value is -0.120. The van der Waals surface area contributed by atoms with Crippen molar-refractivity contribution in [2.45, 2.75) is 65.1 Å². The summed E-state index contributed by atoms with van der Waals surface area (Å²) >= 11 is 0. The van der Waals surface area contributed by atoms with Crippen LogP contribution in [0.15, 0.2) is 0 Å². The first-order chi connectivity index (χ1) is 8.39. The quantitative estimate of drug-likeness (QED) is 0.816. The first-order valence-electron chi connectivity index (χ1n) is 7.63. The molecule has 1 heterocycles. The minimum atomic E-state index is 0.392. The Kier molecular flexibility index (Phi) is 4.35. The monoisotopic (exact) mass is 253 g/mol. The molecule has 0 aromatic heterocycles. The molecule has 18 heavy (non-hydrogen) atoms. The minimum absolute atomic E-state index is 0.392. The normalized spacial score (nSPS) is 35.0. The third-order valence-corrected chi connectivity index (χ3v) is 4.96. The van der Waals surface area contributed by atoms with Gasteiger partial charge < -0.3 is 5.73 Å². The predicted octanol–water partition coefficient (Wildman–Crippen LogP) is 1.92. The van der Waals surface area contributed by atoms with Gasteiger partial charge in [0.25, 0.3) is 0 Å². The van der Waals surface area contributed by atoms with Gasteiger partial charge in [-0.2, -0.15) is 0 Å². The van der Waals surface area contributed by atoms with Crippen LogP contribution in [0.2, 0.25) is 0 Å². The standard InChI is InChI=1S/C15H31N3/c1-12(2)17-7-9-18(10-8-17)14-11-15(3,4)6-5-13(14)16/h12-14H,5-11,16H2,1-4H3. The third kappa shape index (κ3) is 3.25. The van der Waals surface area contributed by atoms with Crippen LogP contribution in [-0.4, -0.2) is 54.1 Å². The highest BCUT2D eigenvalue weighted by Crippen LogP contribution is 2.37. The van der Waals surface area contributed by atoms with Crippen molar-refractivity contribution in [3.63, 3.8) is 0 Å². The Morgan fingerprint density at radius 3 is 2.28 bits per heavy atom. The molecule has 1 aliphatic carbocycles. The summed E-state index contributed by atoms with van der Waals surface area (Å²) in [5.74, 6) is 0. The number of nitrogens with two attached hydrogens (primary N) is 1. The molecule has 0 bridgehead atoms. The first kappa shape index (κ1) is 14.3. The number of hydrogen-bond donors (Lipinski definition) is 1. The summed E-state index contributed by atoms with van der Waals surface area (Å²) in [6.07, 6.45) is 3.76. The highest BCUT2D eigenvalue weighted by atomic mass is 15.3. The summed E-state index contributed by atoms with van der Waals surface area (Å²) in [6, 6.07) is 1.69. The molecule has 2 aliphatic rings. The van der Waals surface area contributed by atoms with Crippen molar-refractivity contribution in [2.75, 3.05) is 26.2 Å². The lowest BCUT2D eigenvalue weighted by molar-refractivity contribution is 0.0293. The van der Waals surface area contributed by atoms with Gasteiger partial charge in [0, 0.05) is 44.3 Å². The van der Waals surface area contributed by atoms with Crippen molar-refractivity contribution in [3.05, 3.63) is 0 Å². The molecule has 2 unspecified atom stereocenters. The molecule has 2 rings (SSSR count). The van der Waals surface area contributed by atoms with E-state index in [0.717, 1.165) is 0 Å². The molecule has 0 aromatic carbocycles. The van der Waals surface area contributed by atoms with E-state index in [-0.39, 0.29) is 0 Å². The second-order valence-electron chi connectivity index (χ2n) is 7.30. The van der Waals surface area contributed by atoms with E-state index in [1.165, 1.54) is 45.4 Å². The fraction of sp³-hybridized carbons (Fsp3) is 1.00. The summed E-state index contributed by atoms with van der Waals surface area (Å²) in [4.78, 5) is 5.24. The topological polar surface area (TPSA) is 32.5 Å². The summed E-state index contributed by atoms with van der Waals surface area (Å²) in [5.41, 5.74) is 6.85. The molecule has 0 aromatic rings. The molecule has 3 heteroatoms. The molecule has 1 saturated carbocycles. The summed E-state index contributed by atoms with van der Waals surface area (Å²) in [5, 5.41) is 0. The molecular weight excluding hydrogens is 222 g/mol. The number of hydrogen-bond acceptors (Lipinski definition) is 3. The molecule has 106 valence electrons. The van der Waals surface area contributed by atoms with Crippen LogP contribution in [0, 0.1) is 5.41 Å². The van der Waals surface area contributed by atoms with Crippen LogP contribution in [0.1, 0.15) is 47.0 Å². The van der Waals surface area contributed by atoms with Gasteiger partial charge in [-0.3, -0.25) is 9.80 Å². The van der Waals surface area contributed by atoms with Crippen LogP contribution in [0.5, 0.6) is 0 Å². The zero-order chi connectivity index (χ0) is 13.3. The Bertz CT molecular complexity index is 267. The first-order valence-corrected chi connectivity index (χ1v) is 7.63. The SMILES string of the molecule is CC(C)N1CCN(C2CC(C)(C)CCC2N)CC1. The van der Waals surface area contributed by atoms with Gasteiger partial charge in [0.05, 0.1) is 0 Å². The Labute approximate surface area is 113 Å². The highest BCUT2D eigenvalue weighted by Gasteiger charge is 2.37. The van der Waals surface area contributed by atoms with Crippen LogP contribution in [0.4, 0.5) is 0 Å². The molecule has 0 amide bonds. The van der Waals surface area contributed by atoms with Crippen molar-refractivity contribution < 1.29 is 0 Å². The van der Waals surface area contributed by atoms with Gasteiger partial charge >= 0.3 is 0 Å². The lowest BCUT2D eigenvalue weighted by Gasteiger charge is -2.48. The van der Waals surface area contributed by atoms with Crippen LogP contribution in [-0.2, 0) is 0 Å². The van der Waals surface area contributed by atoms with Crippen molar-refractivity contribution in [3.8, 4) is 0 Å². The zero-order valence-electron chi connectivity index (χ0n) is 12.7. The molecule has 0 radical (unpaired) electrons. The molecular formula is C15H31N3. The van der Waals surface area contributed by atoms with Crippen LogP contribution < -0.4 is 5.73 Å². The third-order valence-electron chi connectivity index (χ3n) is 4.96. The fourth-order valence-corrected chi connectivity index (χ4v) is 3.55. The lowest BCUT2D eigenvalue weighted by atomic mass is 9.72. The van der Waals surface area contributed by atoms with Gasteiger partial charge in [-0.15, -0.1) is 0 Å². The van der Waals surface area contributed by atoms with E-state index < -0.39 is 0 Å². The maximum absolute atomic E-state index is 6.37. The Morgan fingerprint density at radius 1 is 1.11 bits per heavy atom. The van der Waals surface area contributed by atoms with Gasteiger partial charge in [0.2, 0.25) is 0 Å². The molecule has 0 spiro atoms. The van der Waals surface area contributed by atoms with Gasteiger partial charge in [-0.05, 0) is 38.5 Å². The van der Waals surface area contributed by atoms with Crippen molar-refractivity contribution in [1.82, 2.24) is 9.80 Å². The van der Waals surface area contributed by atoms with Crippen LogP contribution in [0.3, 0.4) is 0 Å². The number of rotatable bonds is 2. The zero-order valence-corrected chi connectivity index (χ0v) is 12.7. The largest absolute Gasteiger partial charge is 0.326 e. The average Bonchev–Trinajstić information content (AvgIpc) is 2.32. The smallest absolute Gasteiger partial charge is 0.0253 e. The molecule has 1 aliphatic heterocycles. The summed E-state index contributed by atoms with van der Waals surface area (Å²) < 4.78 is 0. The molecule has 2 atom stereocenters. The molecule has 1 saturated heterocycles. The Morgan fingerprint density at radius 2 is 1.72 bits per heavy atom.